The molecule has 0 aromatic heterocycles. The molecule has 0 aromatic rings. The smallest absolute Gasteiger partial charge is 0.161 e. The van der Waals surface area contributed by atoms with Gasteiger partial charge in [0, 0.05) is 19.8 Å². The molecule has 0 heterocycles. The van der Waals surface area contributed by atoms with Crippen LogP contribution in [0.3, 0.4) is 0 Å². The molecule has 0 bridgehead atoms. The van der Waals surface area contributed by atoms with Crippen LogP contribution < -0.4 is 0 Å². The molecule has 0 fully saturated rings. The summed E-state index contributed by atoms with van der Waals surface area (Å²) >= 11 is 4.21. The molecular formula is C17H38O3SSi. The van der Waals surface area contributed by atoms with E-state index in [2.05, 4.69) is 12.6 Å². The maximum Gasteiger partial charge on any atom is 0.161 e. The summed E-state index contributed by atoms with van der Waals surface area (Å²) in [6.45, 7) is 6.52. The number of hydrogen-bond acceptors (Lipinski definition) is 4. The summed E-state index contributed by atoms with van der Waals surface area (Å²) in [6.07, 6.45) is 11.4. The van der Waals surface area contributed by atoms with E-state index in [1.807, 2.05) is 13.8 Å². The summed E-state index contributed by atoms with van der Waals surface area (Å²) in [4.78, 5) is 0. The van der Waals surface area contributed by atoms with E-state index >= 15 is 0 Å². The van der Waals surface area contributed by atoms with E-state index in [1.165, 1.54) is 57.4 Å². The predicted molar refractivity (Wildman–Crippen MR) is 102 cm³/mol. The molecule has 0 atom stereocenters. The lowest BCUT2D eigenvalue weighted by atomic mass is 10.1. The van der Waals surface area contributed by atoms with Crippen LogP contribution in [0.15, 0.2) is 0 Å². The summed E-state index contributed by atoms with van der Waals surface area (Å²) in [5, 5.41) is 0. The molecular weight excluding hydrogens is 312 g/mol. The normalized spacial score (nSPS) is 12.0. The molecule has 0 radical (unpaired) electrons. The van der Waals surface area contributed by atoms with Gasteiger partial charge in [0.25, 0.3) is 0 Å². The first-order chi connectivity index (χ1) is 10.8. The fourth-order valence-corrected chi connectivity index (χ4v) is 4.11. The van der Waals surface area contributed by atoms with Crippen molar-refractivity contribution in [3.63, 3.8) is 0 Å². The maximum absolute atomic E-state index is 5.73. The van der Waals surface area contributed by atoms with E-state index in [1.54, 1.807) is 0 Å². The second-order valence-electron chi connectivity index (χ2n) is 5.65. The van der Waals surface area contributed by atoms with Crippen LogP contribution in [0.2, 0.25) is 6.04 Å². The molecule has 0 spiro atoms. The van der Waals surface area contributed by atoms with Crippen molar-refractivity contribution in [2.45, 2.75) is 84.0 Å². The first-order valence-electron chi connectivity index (χ1n) is 9.26. The average molecular weight is 351 g/mol. The van der Waals surface area contributed by atoms with Crippen molar-refractivity contribution in [3.8, 4) is 0 Å². The lowest BCUT2D eigenvalue weighted by Gasteiger charge is -2.16. The van der Waals surface area contributed by atoms with Gasteiger partial charge in [-0.2, -0.15) is 12.6 Å². The molecule has 0 aliphatic carbocycles. The number of unbranched alkanes of at least 4 members (excludes halogenated alkanes) is 6. The predicted octanol–water partition coefficient (Wildman–Crippen LogP) is 4.34. The second-order valence-corrected chi connectivity index (χ2v) is 7.62. The van der Waals surface area contributed by atoms with Crippen LogP contribution in [-0.4, -0.2) is 41.6 Å². The number of hydrogen-bond donors (Lipinski definition) is 1. The van der Waals surface area contributed by atoms with Crippen molar-refractivity contribution in [1.29, 1.82) is 0 Å². The van der Waals surface area contributed by atoms with E-state index in [4.69, 9.17) is 13.9 Å². The van der Waals surface area contributed by atoms with Crippen LogP contribution in [-0.2, 0) is 13.9 Å². The fourth-order valence-electron chi connectivity index (χ4n) is 2.40. The highest BCUT2D eigenvalue weighted by Crippen LogP contribution is 2.12. The van der Waals surface area contributed by atoms with Gasteiger partial charge in [0.15, 0.2) is 16.1 Å². The summed E-state index contributed by atoms with van der Waals surface area (Å²) in [6, 6.07) is 1.29. The van der Waals surface area contributed by atoms with Crippen LogP contribution in [0.4, 0.5) is 0 Å². The van der Waals surface area contributed by atoms with Crippen molar-refractivity contribution in [3.05, 3.63) is 0 Å². The molecule has 0 aliphatic rings. The Morgan fingerprint density at radius 3 is 2.00 bits per heavy atom. The van der Waals surface area contributed by atoms with Gasteiger partial charge in [-0.3, -0.25) is 0 Å². The quantitative estimate of drug-likeness (QED) is 0.172. The lowest BCUT2D eigenvalue weighted by molar-refractivity contribution is -0.140. The Morgan fingerprint density at radius 1 is 0.818 bits per heavy atom. The highest BCUT2D eigenvalue weighted by molar-refractivity contribution is 7.80. The Hall–Kier alpha value is 0.447. The summed E-state index contributed by atoms with van der Waals surface area (Å²) in [5.74, 6) is 1.01. The maximum atomic E-state index is 5.73. The molecule has 0 aliphatic heterocycles. The zero-order valence-electron chi connectivity index (χ0n) is 14.9. The first kappa shape index (κ1) is 22.4. The van der Waals surface area contributed by atoms with Crippen molar-refractivity contribution in [2.75, 3.05) is 25.6 Å². The van der Waals surface area contributed by atoms with Gasteiger partial charge >= 0.3 is 0 Å². The van der Waals surface area contributed by atoms with Gasteiger partial charge in [0.2, 0.25) is 0 Å². The molecule has 0 saturated heterocycles. The van der Waals surface area contributed by atoms with Gasteiger partial charge in [0.05, 0.1) is 0 Å². The molecule has 5 heteroatoms. The molecule has 3 nitrogen and oxygen atoms in total. The molecule has 0 saturated carbocycles. The summed E-state index contributed by atoms with van der Waals surface area (Å²) < 4.78 is 16.8. The van der Waals surface area contributed by atoms with E-state index < -0.39 is 0 Å². The van der Waals surface area contributed by atoms with Crippen LogP contribution in [0.1, 0.15) is 71.6 Å². The molecule has 0 aromatic carbocycles. The highest BCUT2D eigenvalue weighted by Gasteiger charge is 2.06. The average Bonchev–Trinajstić information content (AvgIpc) is 2.52. The first-order valence-corrected chi connectivity index (χ1v) is 11.5. The van der Waals surface area contributed by atoms with Gasteiger partial charge in [-0.1, -0.05) is 32.1 Å². The van der Waals surface area contributed by atoms with Crippen LogP contribution in [0.25, 0.3) is 0 Å². The standard InChI is InChI=1S/C17H38O3SSi/c1-3-18-17(19-4-2)13-10-8-6-5-7-9-11-14-20-22-16-12-15-21/h17,21H,3-16,22H2,1-2H3. The Labute approximate surface area is 146 Å². The van der Waals surface area contributed by atoms with E-state index in [0.29, 0.717) is 0 Å². The zero-order valence-corrected chi connectivity index (χ0v) is 17.2. The molecule has 0 N–H and O–H groups in total. The number of ether oxygens (including phenoxy) is 2. The molecule has 0 rings (SSSR count). The third kappa shape index (κ3) is 16.8. The Morgan fingerprint density at radius 2 is 1.41 bits per heavy atom. The fraction of sp³-hybridized carbons (Fsp3) is 1.00. The van der Waals surface area contributed by atoms with Crippen molar-refractivity contribution in [2.24, 2.45) is 0 Å². The van der Waals surface area contributed by atoms with Gasteiger partial charge in [-0.25, -0.2) is 0 Å². The Balaban J connectivity index is 3.16. The van der Waals surface area contributed by atoms with Crippen molar-refractivity contribution >= 4 is 22.4 Å². The van der Waals surface area contributed by atoms with E-state index in [9.17, 15) is 0 Å². The zero-order chi connectivity index (χ0) is 16.3. The molecule has 0 unspecified atom stereocenters. The monoisotopic (exact) mass is 350 g/mol. The molecule has 134 valence electrons. The van der Waals surface area contributed by atoms with E-state index in [0.717, 1.165) is 32.0 Å². The van der Waals surface area contributed by atoms with Gasteiger partial charge in [-0.05, 0) is 51.3 Å². The Bertz CT molecular complexity index is 202. The highest BCUT2D eigenvalue weighted by atomic mass is 32.1. The third-order valence-corrected chi connectivity index (χ3v) is 5.31. The van der Waals surface area contributed by atoms with Gasteiger partial charge in [0.1, 0.15) is 0 Å². The lowest BCUT2D eigenvalue weighted by Crippen LogP contribution is -2.17. The minimum Gasteiger partial charge on any atom is -0.424 e. The number of rotatable bonds is 18. The minimum atomic E-state index is -0.240. The van der Waals surface area contributed by atoms with Crippen LogP contribution >= 0.6 is 12.6 Å². The van der Waals surface area contributed by atoms with Crippen LogP contribution in [0, 0.1) is 0 Å². The largest absolute Gasteiger partial charge is 0.424 e. The third-order valence-electron chi connectivity index (χ3n) is 3.63. The molecule has 0 amide bonds. The Kier molecular flexibility index (Phi) is 19.9. The SMILES string of the molecule is CCOC(CCCCCCCCCO[SiH2]CCCS)OCC. The van der Waals surface area contributed by atoms with Crippen molar-refractivity contribution < 1.29 is 13.9 Å². The summed E-state index contributed by atoms with van der Waals surface area (Å²) in [5.41, 5.74) is 0. The van der Waals surface area contributed by atoms with Gasteiger partial charge < -0.3 is 13.9 Å². The van der Waals surface area contributed by atoms with E-state index in [-0.39, 0.29) is 16.1 Å². The van der Waals surface area contributed by atoms with Crippen molar-refractivity contribution in [1.82, 2.24) is 0 Å². The minimum absolute atomic E-state index is 0.0128. The molecule has 22 heavy (non-hydrogen) atoms. The number of thiol groups is 1. The second kappa shape index (κ2) is 19.5. The van der Waals surface area contributed by atoms with Crippen LogP contribution in [0.5, 0.6) is 0 Å². The van der Waals surface area contributed by atoms with Gasteiger partial charge in [-0.15, -0.1) is 0 Å². The summed E-state index contributed by atoms with van der Waals surface area (Å²) in [7, 11) is -0.240. The topological polar surface area (TPSA) is 27.7 Å².